The first-order valence-corrected chi connectivity index (χ1v) is 9.27. The van der Waals surface area contributed by atoms with Gasteiger partial charge in [0.1, 0.15) is 11.5 Å². The van der Waals surface area contributed by atoms with Gasteiger partial charge in [0.05, 0.1) is 19.2 Å². The Labute approximate surface area is 169 Å². The van der Waals surface area contributed by atoms with Crippen LogP contribution in [0.4, 0.5) is 0 Å². The number of rotatable bonds is 8. The minimum absolute atomic E-state index is 0.109. The van der Waals surface area contributed by atoms with Crippen LogP contribution in [0.1, 0.15) is 21.8 Å². The summed E-state index contributed by atoms with van der Waals surface area (Å²) in [6.07, 6.45) is 0.109. The van der Waals surface area contributed by atoms with Crippen LogP contribution in [-0.4, -0.2) is 37.0 Å². The fourth-order valence-electron chi connectivity index (χ4n) is 2.73. The van der Waals surface area contributed by atoms with Crippen LogP contribution in [0.2, 0.25) is 0 Å². The second-order valence-corrected chi connectivity index (χ2v) is 6.40. The van der Waals surface area contributed by atoms with E-state index < -0.39 is 0 Å². The number of hydrogen-bond donors (Lipinski definition) is 2. The number of nitrogens with zero attached hydrogens (tertiary/aromatic N) is 1. The van der Waals surface area contributed by atoms with Gasteiger partial charge in [0.15, 0.2) is 0 Å². The molecule has 0 bridgehead atoms. The molecular weight excluding hydrogens is 370 g/mol. The molecule has 0 aliphatic carbocycles. The predicted molar refractivity (Wildman–Crippen MR) is 109 cm³/mol. The molecule has 0 aliphatic heterocycles. The van der Waals surface area contributed by atoms with Gasteiger partial charge in [-0.3, -0.25) is 9.59 Å². The molecule has 2 amide bonds. The van der Waals surface area contributed by atoms with Crippen molar-refractivity contribution in [2.75, 3.05) is 20.2 Å². The van der Waals surface area contributed by atoms with E-state index in [9.17, 15) is 9.59 Å². The van der Waals surface area contributed by atoms with Crippen molar-refractivity contribution in [1.82, 2.24) is 15.6 Å². The second-order valence-electron chi connectivity index (χ2n) is 6.40. The normalized spacial score (nSPS) is 10.4. The monoisotopic (exact) mass is 393 g/mol. The molecule has 0 fully saturated rings. The zero-order chi connectivity index (χ0) is 20.6. The van der Waals surface area contributed by atoms with E-state index in [4.69, 9.17) is 9.15 Å². The highest BCUT2D eigenvalue weighted by molar-refractivity contribution is 5.94. The lowest BCUT2D eigenvalue weighted by Crippen LogP contribution is -2.35. The molecule has 0 radical (unpaired) electrons. The third-order valence-corrected chi connectivity index (χ3v) is 4.33. The Morgan fingerprint density at radius 3 is 2.38 bits per heavy atom. The number of carbonyl (C=O) groups excluding carboxylic acids is 2. The second kappa shape index (κ2) is 9.54. The number of methoxy groups -OCH3 is 1. The van der Waals surface area contributed by atoms with Crippen LogP contribution < -0.4 is 15.4 Å². The summed E-state index contributed by atoms with van der Waals surface area (Å²) in [5.74, 6) is 1.45. The summed E-state index contributed by atoms with van der Waals surface area (Å²) in [7, 11) is 1.61. The number of carbonyl (C=O) groups is 2. The van der Waals surface area contributed by atoms with Gasteiger partial charge < -0.3 is 19.8 Å². The number of aryl methyl sites for hydroxylation is 1. The fourth-order valence-corrected chi connectivity index (χ4v) is 2.73. The highest BCUT2D eigenvalue weighted by atomic mass is 16.5. The molecule has 29 heavy (non-hydrogen) atoms. The first-order chi connectivity index (χ1) is 14.1. The standard InChI is InChI=1S/C22H23N3O4/c1-15-19(25-22(29-15)17-8-10-18(28-2)11-9-17)14-20(26)23-12-13-24-21(27)16-6-4-3-5-7-16/h3-11H,12-14H2,1-2H3,(H,23,26)(H,24,27). The molecule has 150 valence electrons. The minimum atomic E-state index is -0.184. The van der Waals surface area contributed by atoms with Gasteiger partial charge in [-0.2, -0.15) is 0 Å². The van der Waals surface area contributed by atoms with Gasteiger partial charge in [-0.1, -0.05) is 18.2 Å². The summed E-state index contributed by atoms with van der Waals surface area (Å²) in [6, 6.07) is 16.3. The number of nitrogens with one attached hydrogen (secondary N) is 2. The maximum absolute atomic E-state index is 12.2. The Hall–Kier alpha value is -3.61. The Balaban J connectivity index is 1.48. The van der Waals surface area contributed by atoms with Crippen molar-refractivity contribution in [2.45, 2.75) is 13.3 Å². The molecule has 7 nitrogen and oxygen atoms in total. The van der Waals surface area contributed by atoms with E-state index >= 15 is 0 Å². The summed E-state index contributed by atoms with van der Waals surface area (Å²) in [6.45, 7) is 2.46. The molecule has 0 spiro atoms. The molecular formula is C22H23N3O4. The number of benzene rings is 2. The number of aromatic nitrogens is 1. The van der Waals surface area contributed by atoms with E-state index in [1.54, 1.807) is 38.3 Å². The van der Waals surface area contributed by atoms with Crippen molar-refractivity contribution in [3.8, 4) is 17.2 Å². The molecule has 1 aromatic heterocycles. The van der Waals surface area contributed by atoms with Crippen LogP contribution in [0, 0.1) is 6.92 Å². The summed E-state index contributed by atoms with van der Waals surface area (Å²) in [5, 5.41) is 5.54. The maximum Gasteiger partial charge on any atom is 0.251 e. The third kappa shape index (κ3) is 5.44. The third-order valence-electron chi connectivity index (χ3n) is 4.33. The lowest BCUT2D eigenvalue weighted by Gasteiger charge is -2.06. The summed E-state index contributed by atoms with van der Waals surface area (Å²) < 4.78 is 10.8. The molecule has 7 heteroatoms. The topological polar surface area (TPSA) is 93.5 Å². The maximum atomic E-state index is 12.2. The van der Waals surface area contributed by atoms with E-state index in [1.165, 1.54) is 0 Å². The molecule has 1 heterocycles. The quantitative estimate of drug-likeness (QED) is 0.574. The zero-order valence-corrected chi connectivity index (χ0v) is 16.4. The average molecular weight is 393 g/mol. The van der Waals surface area contributed by atoms with Gasteiger partial charge in [-0.15, -0.1) is 0 Å². The van der Waals surface area contributed by atoms with Crippen molar-refractivity contribution in [3.05, 3.63) is 71.6 Å². The molecule has 0 unspecified atom stereocenters. The molecule has 3 aromatic rings. The van der Waals surface area contributed by atoms with Crippen molar-refractivity contribution in [2.24, 2.45) is 0 Å². The van der Waals surface area contributed by atoms with E-state index in [0.29, 0.717) is 36.0 Å². The first kappa shape index (κ1) is 20.1. The number of oxazole rings is 1. The van der Waals surface area contributed by atoms with Crippen LogP contribution in [0.25, 0.3) is 11.5 Å². The minimum Gasteiger partial charge on any atom is -0.497 e. The highest BCUT2D eigenvalue weighted by Gasteiger charge is 2.15. The number of ether oxygens (including phenoxy) is 1. The Morgan fingerprint density at radius 1 is 1.00 bits per heavy atom. The fraction of sp³-hybridized carbons (Fsp3) is 0.227. The van der Waals surface area contributed by atoms with Gasteiger partial charge >= 0.3 is 0 Å². The van der Waals surface area contributed by atoms with Crippen molar-refractivity contribution in [3.63, 3.8) is 0 Å². The smallest absolute Gasteiger partial charge is 0.251 e. The summed E-state index contributed by atoms with van der Waals surface area (Å²) in [4.78, 5) is 28.6. The van der Waals surface area contributed by atoms with Gasteiger partial charge in [-0.25, -0.2) is 4.98 Å². The predicted octanol–water partition coefficient (Wildman–Crippen LogP) is 2.75. The number of amides is 2. The Bertz CT molecular complexity index is 965. The molecule has 2 aromatic carbocycles. The molecule has 3 rings (SSSR count). The van der Waals surface area contributed by atoms with Crippen molar-refractivity contribution < 1.29 is 18.7 Å². The zero-order valence-electron chi connectivity index (χ0n) is 16.4. The van der Waals surface area contributed by atoms with Crippen LogP contribution in [0.3, 0.4) is 0 Å². The average Bonchev–Trinajstić information content (AvgIpc) is 3.12. The summed E-state index contributed by atoms with van der Waals surface area (Å²) in [5.41, 5.74) is 1.98. The lowest BCUT2D eigenvalue weighted by molar-refractivity contribution is -0.120. The summed E-state index contributed by atoms with van der Waals surface area (Å²) >= 11 is 0. The largest absolute Gasteiger partial charge is 0.497 e. The molecule has 2 N–H and O–H groups in total. The lowest BCUT2D eigenvalue weighted by atomic mass is 10.2. The van der Waals surface area contributed by atoms with E-state index in [1.807, 2.05) is 30.3 Å². The van der Waals surface area contributed by atoms with Crippen molar-refractivity contribution in [1.29, 1.82) is 0 Å². The number of hydrogen-bond acceptors (Lipinski definition) is 5. The Kier molecular flexibility index (Phi) is 6.63. The Morgan fingerprint density at radius 2 is 1.69 bits per heavy atom. The van der Waals surface area contributed by atoms with E-state index in [0.717, 1.165) is 11.3 Å². The molecule has 0 saturated heterocycles. The van der Waals surface area contributed by atoms with E-state index in [2.05, 4.69) is 15.6 Å². The van der Waals surface area contributed by atoms with Crippen LogP contribution in [-0.2, 0) is 11.2 Å². The van der Waals surface area contributed by atoms with Gasteiger partial charge in [0.25, 0.3) is 5.91 Å². The SMILES string of the molecule is COc1ccc(-c2nc(CC(=O)NCCNC(=O)c3ccccc3)c(C)o2)cc1. The first-order valence-electron chi connectivity index (χ1n) is 9.27. The van der Waals surface area contributed by atoms with Crippen LogP contribution >= 0.6 is 0 Å². The molecule has 0 atom stereocenters. The van der Waals surface area contributed by atoms with Gasteiger partial charge in [0, 0.05) is 24.2 Å². The molecule has 0 aliphatic rings. The van der Waals surface area contributed by atoms with Crippen LogP contribution in [0.15, 0.2) is 59.0 Å². The highest BCUT2D eigenvalue weighted by Crippen LogP contribution is 2.24. The van der Waals surface area contributed by atoms with Gasteiger partial charge in [0.2, 0.25) is 11.8 Å². The van der Waals surface area contributed by atoms with Gasteiger partial charge in [-0.05, 0) is 43.3 Å². The molecule has 0 saturated carbocycles. The van der Waals surface area contributed by atoms with Crippen LogP contribution in [0.5, 0.6) is 5.75 Å². The van der Waals surface area contributed by atoms with Crippen molar-refractivity contribution >= 4 is 11.8 Å². The van der Waals surface area contributed by atoms with E-state index in [-0.39, 0.29) is 18.2 Å².